The molecule has 270 valence electrons. The third kappa shape index (κ3) is 5.25. The van der Waals surface area contributed by atoms with Crippen LogP contribution >= 0.6 is 0 Å². The summed E-state index contributed by atoms with van der Waals surface area (Å²) in [5.41, 5.74) is 17.0. The molecule has 0 spiro atoms. The van der Waals surface area contributed by atoms with Crippen molar-refractivity contribution < 1.29 is 0 Å². The number of fused-ring (bicyclic) bond motifs is 7. The molecular weight excluding hydrogens is 689 g/mol. The van der Waals surface area contributed by atoms with E-state index in [9.17, 15) is 0 Å². The molecule has 57 heavy (non-hydrogen) atoms. The highest BCUT2D eigenvalue weighted by atomic mass is 15.1. The number of rotatable bonds is 6. The first-order chi connectivity index (χ1) is 28.0. The van der Waals surface area contributed by atoms with Crippen LogP contribution in [0.4, 0.5) is 17.1 Å². The van der Waals surface area contributed by atoms with E-state index in [-0.39, 0.29) is 5.41 Å². The average Bonchev–Trinajstić information content (AvgIpc) is 3.72. The second kappa shape index (κ2) is 13.0. The maximum Gasteiger partial charge on any atom is 0.0561 e. The minimum Gasteiger partial charge on any atom is -0.310 e. The summed E-state index contributed by atoms with van der Waals surface area (Å²) >= 11 is 0. The summed E-state index contributed by atoms with van der Waals surface area (Å²) in [5.74, 6) is 0. The second-order valence-electron chi connectivity index (χ2n) is 15.8. The minimum atomic E-state index is -0.0966. The summed E-state index contributed by atoms with van der Waals surface area (Å²) in [6.07, 6.45) is 0. The Balaban J connectivity index is 1.17. The van der Waals surface area contributed by atoms with Crippen LogP contribution in [-0.2, 0) is 5.41 Å². The molecule has 0 bridgehead atoms. The van der Waals surface area contributed by atoms with E-state index in [1.54, 1.807) is 0 Å². The molecule has 0 atom stereocenters. The molecule has 1 aliphatic rings. The van der Waals surface area contributed by atoms with Gasteiger partial charge in [0.1, 0.15) is 0 Å². The number of anilines is 3. The molecule has 1 aliphatic carbocycles. The smallest absolute Gasteiger partial charge is 0.0561 e. The Labute approximate surface area is 333 Å². The fraction of sp³-hybridized carbons (Fsp3) is 0.0545. The number of aromatic nitrogens is 1. The van der Waals surface area contributed by atoms with Crippen molar-refractivity contribution >= 4 is 49.6 Å². The van der Waals surface area contributed by atoms with Gasteiger partial charge in [0, 0.05) is 38.8 Å². The quantitative estimate of drug-likeness (QED) is 0.165. The minimum absolute atomic E-state index is 0.0966. The summed E-state index contributed by atoms with van der Waals surface area (Å²) < 4.78 is 2.41. The lowest BCUT2D eigenvalue weighted by Gasteiger charge is -2.29. The van der Waals surface area contributed by atoms with E-state index >= 15 is 0 Å². The van der Waals surface area contributed by atoms with Crippen LogP contribution in [0, 0.1) is 0 Å². The Morgan fingerprint density at radius 2 is 1.05 bits per heavy atom. The molecule has 2 nitrogen and oxygen atoms in total. The summed E-state index contributed by atoms with van der Waals surface area (Å²) in [5, 5.41) is 4.96. The van der Waals surface area contributed by atoms with Crippen molar-refractivity contribution in [1.82, 2.24) is 4.57 Å². The van der Waals surface area contributed by atoms with E-state index in [1.165, 1.54) is 77.1 Å². The van der Waals surface area contributed by atoms with Crippen LogP contribution in [0.5, 0.6) is 0 Å². The third-order valence-corrected chi connectivity index (χ3v) is 12.2. The molecule has 0 amide bonds. The number of hydrogen-bond acceptors (Lipinski definition) is 1. The Morgan fingerprint density at radius 1 is 0.404 bits per heavy atom. The Morgan fingerprint density at radius 3 is 1.95 bits per heavy atom. The predicted octanol–water partition coefficient (Wildman–Crippen LogP) is 15.0. The summed E-state index contributed by atoms with van der Waals surface area (Å²) in [7, 11) is 0. The van der Waals surface area contributed by atoms with Crippen LogP contribution < -0.4 is 4.90 Å². The molecule has 0 unspecified atom stereocenters. The lowest BCUT2D eigenvalue weighted by Crippen LogP contribution is -2.15. The van der Waals surface area contributed by atoms with Gasteiger partial charge in [0.25, 0.3) is 0 Å². The first-order valence-electron chi connectivity index (χ1n) is 19.9. The van der Waals surface area contributed by atoms with Crippen LogP contribution in [0.1, 0.15) is 25.0 Å². The van der Waals surface area contributed by atoms with Gasteiger partial charge in [-0.1, -0.05) is 166 Å². The Kier molecular flexibility index (Phi) is 7.55. The second-order valence-corrected chi connectivity index (χ2v) is 15.8. The van der Waals surface area contributed by atoms with Crippen molar-refractivity contribution in [1.29, 1.82) is 0 Å². The number of hydrogen-bond donors (Lipinski definition) is 0. The topological polar surface area (TPSA) is 8.17 Å². The van der Waals surface area contributed by atoms with Crippen LogP contribution in [0.15, 0.2) is 206 Å². The zero-order valence-corrected chi connectivity index (χ0v) is 32.0. The van der Waals surface area contributed by atoms with Gasteiger partial charge >= 0.3 is 0 Å². The largest absolute Gasteiger partial charge is 0.310 e. The van der Waals surface area contributed by atoms with Gasteiger partial charge in [0.15, 0.2) is 0 Å². The van der Waals surface area contributed by atoms with E-state index in [1.807, 2.05) is 0 Å². The van der Waals surface area contributed by atoms with Crippen LogP contribution in [-0.4, -0.2) is 4.57 Å². The number of nitrogens with zero attached hydrogens (tertiary/aromatic N) is 2. The van der Waals surface area contributed by atoms with Gasteiger partial charge in [0.2, 0.25) is 0 Å². The third-order valence-electron chi connectivity index (χ3n) is 12.2. The number of para-hydroxylation sites is 3. The normalized spacial score (nSPS) is 12.9. The monoisotopic (exact) mass is 728 g/mol. The van der Waals surface area contributed by atoms with E-state index in [0.29, 0.717) is 0 Å². The molecule has 0 fully saturated rings. The van der Waals surface area contributed by atoms with Crippen molar-refractivity contribution in [3.63, 3.8) is 0 Å². The fourth-order valence-electron chi connectivity index (χ4n) is 9.45. The van der Waals surface area contributed by atoms with Gasteiger partial charge in [-0.05, 0) is 104 Å². The molecule has 0 radical (unpaired) electrons. The SMILES string of the molecule is CC1(C)c2ccccc2-c2c(-c3ccccc3N(c3cccc(-c4ccc5ccccc5c4)c3)c3ccc4c5ccccc5n(-c5ccccc5)c4c3)cccc21. The lowest BCUT2D eigenvalue weighted by atomic mass is 9.82. The van der Waals surface area contributed by atoms with Gasteiger partial charge in [-0.3, -0.25) is 0 Å². The van der Waals surface area contributed by atoms with Crippen molar-refractivity contribution in [3.8, 4) is 39.1 Å². The van der Waals surface area contributed by atoms with Crippen LogP contribution in [0.3, 0.4) is 0 Å². The van der Waals surface area contributed by atoms with E-state index < -0.39 is 0 Å². The van der Waals surface area contributed by atoms with Gasteiger partial charge in [0.05, 0.1) is 16.7 Å². The Hall–Kier alpha value is -7.16. The molecule has 1 aromatic heterocycles. The first kappa shape index (κ1) is 33.2. The highest BCUT2D eigenvalue weighted by molar-refractivity contribution is 6.11. The lowest BCUT2D eigenvalue weighted by molar-refractivity contribution is 0.660. The molecule has 9 aromatic carbocycles. The van der Waals surface area contributed by atoms with Gasteiger partial charge in [-0.2, -0.15) is 0 Å². The average molecular weight is 729 g/mol. The van der Waals surface area contributed by atoms with Gasteiger partial charge < -0.3 is 9.47 Å². The van der Waals surface area contributed by atoms with Crippen molar-refractivity contribution in [3.05, 3.63) is 217 Å². The molecule has 0 N–H and O–H groups in total. The number of benzene rings is 9. The van der Waals surface area contributed by atoms with Crippen molar-refractivity contribution in [2.45, 2.75) is 19.3 Å². The zero-order chi connectivity index (χ0) is 38.1. The van der Waals surface area contributed by atoms with Crippen molar-refractivity contribution in [2.75, 3.05) is 4.90 Å². The highest BCUT2D eigenvalue weighted by Crippen LogP contribution is 2.54. The molecule has 2 heteroatoms. The Bertz CT molecular complexity index is 3170. The standard InChI is InChI=1S/C55H40N2/c1-55(2)49-26-11-8-24-48(49)54-47(25-15-27-50(54)55)45-23-10-12-28-51(45)56(42-21-14-18-39(35-42)40-31-30-37-16-6-7-17-38(37)34-40)43-32-33-46-44-22-9-13-29-52(44)57(53(46)36-43)41-19-4-3-5-20-41/h3-36H,1-2H3. The van der Waals surface area contributed by atoms with E-state index in [4.69, 9.17) is 0 Å². The van der Waals surface area contributed by atoms with E-state index in [0.717, 1.165) is 22.7 Å². The fourth-order valence-corrected chi connectivity index (χ4v) is 9.45. The molecule has 11 rings (SSSR count). The molecule has 10 aromatic rings. The maximum atomic E-state index is 2.47. The van der Waals surface area contributed by atoms with Crippen molar-refractivity contribution in [2.24, 2.45) is 0 Å². The van der Waals surface area contributed by atoms with Gasteiger partial charge in [-0.25, -0.2) is 0 Å². The maximum absolute atomic E-state index is 2.47. The summed E-state index contributed by atoms with van der Waals surface area (Å²) in [6, 6.07) is 75.7. The molecule has 0 saturated heterocycles. The molecular formula is C55H40N2. The van der Waals surface area contributed by atoms with Crippen LogP contribution in [0.2, 0.25) is 0 Å². The summed E-state index contributed by atoms with van der Waals surface area (Å²) in [4.78, 5) is 2.47. The summed E-state index contributed by atoms with van der Waals surface area (Å²) in [6.45, 7) is 4.72. The van der Waals surface area contributed by atoms with E-state index in [2.05, 4.69) is 230 Å². The zero-order valence-electron chi connectivity index (χ0n) is 32.0. The van der Waals surface area contributed by atoms with Crippen LogP contribution in [0.25, 0.3) is 71.6 Å². The first-order valence-corrected chi connectivity index (χ1v) is 19.9. The molecule has 1 heterocycles. The molecule has 0 aliphatic heterocycles. The highest BCUT2D eigenvalue weighted by Gasteiger charge is 2.37. The predicted molar refractivity (Wildman–Crippen MR) is 241 cm³/mol. The van der Waals surface area contributed by atoms with Gasteiger partial charge in [-0.15, -0.1) is 0 Å². The molecule has 0 saturated carbocycles.